The van der Waals surface area contributed by atoms with Crippen LogP contribution in [0.1, 0.15) is 38.3 Å². The highest BCUT2D eigenvalue weighted by Crippen LogP contribution is 2.33. The van der Waals surface area contributed by atoms with Gasteiger partial charge in [0, 0.05) is 11.8 Å². The second-order valence-corrected chi connectivity index (χ2v) is 8.46. The largest absolute Gasteiger partial charge is 0.278 e. The Kier molecular flexibility index (Phi) is 5.16. The van der Waals surface area contributed by atoms with Crippen molar-refractivity contribution in [2.24, 2.45) is 0 Å². The lowest BCUT2D eigenvalue weighted by atomic mass is 10.0. The number of aryl methyl sites for hydroxylation is 4. The number of anilines is 1. The topological polar surface area (TPSA) is 46.1 Å². The summed E-state index contributed by atoms with van der Waals surface area (Å²) in [7, 11) is 0. The van der Waals surface area contributed by atoms with Gasteiger partial charge >= 0.3 is 0 Å². The maximum absolute atomic E-state index is 13.6. The Hall–Kier alpha value is -3.05. The second kappa shape index (κ2) is 7.76. The molecule has 0 saturated heterocycles. The van der Waals surface area contributed by atoms with Gasteiger partial charge in [-0.25, -0.2) is 4.98 Å². The zero-order chi connectivity index (χ0) is 20.5. The van der Waals surface area contributed by atoms with Gasteiger partial charge in [-0.15, -0.1) is 0 Å². The highest BCUT2D eigenvalue weighted by molar-refractivity contribution is 7.22. The third-order valence-corrected chi connectivity index (χ3v) is 5.99. The Morgan fingerprint density at radius 2 is 1.79 bits per heavy atom. The second-order valence-electron chi connectivity index (χ2n) is 7.46. The summed E-state index contributed by atoms with van der Waals surface area (Å²) in [5.74, 6) is -0.0507. The molecule has 0 aliphatic rings. The number of thiazole rings is 1. The predicted molar refractivity (Wildman–Crippen MR) is 120 cm³/mol. The average molecular weight is 402 g/mol. The van der Waals surface area contributed by atoms with E-state index < -0.39 is 0 Å². The van der Waals surface area contributed by atoms with Gasteiger partial charge in [0.25, 0.3) is 5.91 Å². The van der Waals surface area contributed by atoms with E-state index in [0.29, 0.717) is 17.2 Å². The summed E-state index contributed by atoms with van der Waals surface area (Å²) in [6, 6.07) is 16.0. The van der Waals surface area contributed by atoms with Crippen molar-refractivity contribution in [3.05, 3.63) is 88.2 Å². The first kappa shape index (κ1) is 19.3. The van der Waals surface area contributed by atoms with Crippen LogP contribution >= 0.6 is 11.3 Å². The molecule has 0 spiro atoms. The van der Waals surface area contributed by atoms with Gasteiger partial charge in [-0.1, -0.05) is 41.2 Å². The number of hydrogen-bond acceptors (Lipinski definition) is 4. The number of rotatable bonds is 4. The van der Waals surface area contributed by atoms with Crippen LogP contribution < -0.4 is 4.90 Å². The van der Waals surface area contributed by atoms with E-state index >= 15 is 0 Å². The Morgan fingerprint density at radius 1 is 0.966 bits per heavy atom. The summed E-state index contributed by atoms with van der Waals surface area (Å²) in [6.07, 6.45) is 1.75. The minimum Gasteiger partial charge on any atom is -0.278 e. The molecule has 0 bridgehead atoms. The Balaban J connectivity index is 1.83. The van der Waals surface area contributed by atoms with Gasteiger partial charge in [0.2, 0.25) is 0 Å². The minimum atomic E-state index is -0.0507. The van der Waals surface area contributed by atoms with Gasteiger partial charge in [-0.05, 0) is 68.7 Å². The third-order valence-electron chi connectivity index (χ3n) is 4.96. The molecule has 4 aromatic rings. The van der Waals surface area contributed by atoms with Gasteiger partial charge in [0.1, 0.15) is 0 Å². The van der Waals surface area contributed by atoms with Crippen LogP contribution in [-0.2, 0) is 6.54 Å². The molecule has 0 unspecified atom stereocenters. The maximum Gasteiger partial charge on any atom is 0.260 e. The van der Waals surface area contributed by atoms with Crippen LogP contribution in [0.4, 0.5) is 5.13 Å². The molecule has 0 aliphatic carbocycles. The fraction of sp³-hybridized carbons (Fsp3) is 0.208. The molecule has 2 heterocycles. The molecule has 4 nitrogen and oxygen atoms in total. The monoisotopic (exact) mass is 401 g/mol. The zero-order valence-corrected chi connectivity index (χ0v) is 17.9. The number of hydrogen-bond donors (Lipinski definition) is 0. The first-order valence-electron chi connectivity index (χ1n) is 9.59. The average Bonchev–Trinajstić information content (AvgIpc) is 3.12. The lowest BCUT2D eigenvalue weighted by Gasteiger charge is -2.21. The fourth-order valence-electron chi connectivity index (χ4n) is 3.47. The first-order chi connectivity index (χ1) is 13.9. The third kappa shape index (κ3) is 3.91. The van der Waals surface area contributed by atoms with E-state index in [1.54, 1.807) is 22.4 Å². The molecule has 2 aromatic carbocycles. The minimum absolute atomic E-state index is 0.0507. The van der Waals surface area contributed by atoms with Crippen molar-refractivity contribution in [2.45, 2.75) is 34.2 Å². The van der Waals surface area contributed by atoms with Crippen LogP contribution in [0.2, 0.25) is 0 Å². The molecule has 0 radical (unpaired) electrons. The summed E-state index contributed by atoms with van der Waals surface area (Å²) in [5.41, 5.74) is 6.83. The van der Waals surface area contributed by atoms with E-state index in [9.17, 15) is 4.79 Å². The van der Waals surface area contributed by atoms with Crippen molar-refractivity contribution in [1.82, 2.24) is 9.97 Å². The molecule has 0 fully saturated rings. The van der Waals surface area contributed by atoms with Gasteiger partial charge < -0.3 is 0 Å². The number of aromatic nitrogens is 2. The SMILES string of the molecule is Cc1ccc(C)c(C(=O)N(Cc2ccccn2)c2nc3c(C)cc(C)cc3s2)c1. The normalized spacial score (nSPS) is 11.0. The molecule has 0 atom stereocenters. The lowest BCUT2D eigenvalue weighted by molar-refractivity contribution is 0.0984. The van der Waals surface area contributed by atoms with Crippen LogP contribution in [0, 0.1) is 27.7 Å². The van der Waals surface area contributed by atoms with E-state index in [4.69, 9.17) is 4.98 Å². The molecule has 4 rings (SSSR count). The number of fused-ring (bicyclic) bond motifs is 1. The summed E-state index contributed by atoms with van der Waals surface area (Å²) in [5, 5.41) is 0.699. The Labute approximate surface area is 174 Å². The first-order valence-corrected chi connectivity index (χ1v) is 10.4. The van der Waals surface area contributed by atoms with Gasteiger partial charge in [0.15, 0.2) is 5.13 Å². The number of benzene rings is 2. The summed E-state index contributed by atoms with van der Waals surface area (Å²) >= 11 is 1.55. The quantitative estimate of drug-likeness (QED) is 0.436. The Morgan fingerprint density at radius 3 is 2.55 bits per heavy atom. The lowest BCUT2D eigenvalue weighted by Crippen LogP contribution is -2.31. The highest BCUT2D eigenvalue weighted by Gasteiger charge is 2.24. The molecule has 1 amide bonds. The van der Waals surface area contributed by atoms with Crippen molar-refractivity contribution in [2.75, 3.05) is 4.90 Å². The number of pyridine rings is 1. The number of nitrogens with zero attached hydrogens (tertiary/aromatic N) is 3. The molecule has 2 aromatic heterocycles. The molecule has 5 heteroatoms. The van der Waals surface area contributed by atoms with Crippen LogP contribution in [0.15, 0.2) is 54.7 Å². The fourth-order valence-corrected chi connectivity index (χ4v) is 4.61. The van der Waals surface area contributed by atoms with Crippen LogP contribution in [0.25, 0.3) is 10.2 Å². The molecule has 29 heavy (non-hydrogen) atoms. The number of carbonyl (C=O) groups excluding carboxylic acids is 1. The molecular formula is C24H23N3OS. The summed E-state index contributed by atoms with van der Waals surface area (Å²) < 4.78 is 1.09. The summed E-state index contributed by atoms with van der Waals surface area (Å²) in [6.45, 7) is 8.50. The summed E-state index contributed by atoms with van der Waals surface area (Å²) in [4.78, 5) is 24.6. The van der Waals surface area contributed by atoms with E-state index in [-0.39, 0.29) is 5.91 Å². The zero-order valence-electron chi connectivity index (χ0n) is 17.1. The van der Waals surface area contributed by atoms with Crippen molar-refractivity contribution < 1.29 is 4.79 Å². The smallest absolute Gasteiger partial charge is 0.260 e. The standard InChI is InChI=1S/C24H23N3OS/c1-15-8-9-17(3)20(12-15)23(28)27(14-19-7-5-6-10-25-19)24-26-22-18(4)11-16(2)13-21(22)29-24/h5-13H,14H2,1-4H3. The van der Waals surface area contributed by atoms with Crippen molar-refractivity contribution in [3.8, 4) is 0 Å². The molecule has 146 valence electrons. The van der Waals surface area contributed by atoms with Crippen LogP contribution in [-0.4, -0.2) is 15.9 Å². The maximum atomic E-state index is 13.6. The number of carbonyl (C=O) groups is 1. The van der Waals surface area contributed by atoms with E-state index in [1.807, 2.05) is 50.2 Å². The van der Waals surface area contributed by atoms with Gasteiger partial charge in [-0.2, -0.15) is 0 Å². The molecule has 0 saturated carbocycles. The predicted octanol–water partition coefficient (Wildman–Crippen LogP) is 5.77. The van der Waals surface area contributed by atoms with Gasteiger partial charge in [0.05, 0.1) is 22.5 Å². The molecule has 0 aliphatic heterocycles. The van der Waals surface area contributed by atoms with Crippen molar-refractivity contribution >= 4 is 32.6 Å². The Bertz CT molecular complexity index is 1200. The molecule has 0 N–H and O–H groups in total. The molecular weight excluding hydrogens is 378 g/mol. The van der Waals surface area contributed by atoms with Gasteiger partial charge in [-0.3, -0.25) is 14.7 Å². The van der Waals surface area contributed by atoms with E-state index in [2.05, 4.69) is 31.0 Å². The number of amides is 1. The van der Waals surface area contributed by atoms with Crippen molar-refractivity contribution in [1.29, 1.82) is 0 Å². The van der Waals surface area contributed by atoms with Crippen LogP contribution in [0.3, 0.4) is 0 Å². The van der Waals surface area contributed by atoms with E-state index in [1.165, 1.54) is 5.56 Å². The van der Waals surface area contributed by atoms with Crippen LogP contribution in [0.5, 0.6) is 0 Å². The highest BCUT2D eigenvalue weighted by atomic mass is 32.1. The van der Waals surface area contributed by atoms with E-state index in [0.717, 1.165) is 32.6 Å². The van der Waals surface area contributed by atoms with Crippen molar-refractivity contribution in [3.63, 3.8) is 0 Å².